The Balaban J connectivity index is 1.64. The zero-order chi connectivity index (χ0) is 18.1. The second-order valence-corrected chi connectivity index (χ2v) is 7.15. The van der Waals surface area contributed by atoms with Gasteiger partial charge in [-0.25, -0.2) is 0 Å². The van der Waals surface area contributed by atoms with Crippen LogP contribution in [0.1, 0.15) is 41.3 Å². The lowest BCUT2D eigenvalue weighted by Crippen LogP contribution is -2.33. The first-order valence-electron chi connectivity index (χ1n) is 9.03. The van der Waals surface area contributed by atoms with Crippen molar-refractivity contribution < 1.29 is 14.6 Å². The minimum atomic E-state index is -0.155. The molecule has 1 unspecified atom stereocenters. The molecule has 3 heterocycles. The molecule has 5 heteroatoms. The Hall–Kier alpha value is -2.66. The van der Waals surface area contributed by atoms with E-state index in [1.807, 2.05) is 12.1 Å². The van der Waals surface area contributed by atoms with Crippen LogP contribution in [-0.2, 0) is 6.54 Å². The largest absolute Gasteiger partial charge is 0.507 e. The van der Waals surface area contributed by atoms with Gasteiger partial charge in [0.2, 0.25) is 5.78 Å². The highest BCUT2D eigenvalue weighted by Gasteiger charge is 2.32. The molecule has 0 spiro atoms. The van der Waals surface area contributed by atoms with Crippen molar-refractivity contribution in [1.82, 2.24) is 9.88 Å². The average Bonchev–Trinajstić information content (AvgIpc) is 2.95. The number of Topliss-reactive ketones (excluding diaryl/α,β-unsaturated/α-hetero) is 1. The number of ether oxygens (including phenoxy) is 1. The average molecular weight is 350 g/mol. The minimum Gasteiger partial charge on any atom is -0.507 e. The third-order valence-corrected chi connectivity index (χ3v) is 5.02. The summed E-state index contributed by atoms with van der Waals surface area (Å²) in [7, 11) is 0. The van der Waals surface area contributed by atoms with Crippen LogP contribution in [-0.4, -0.2) is 33.9 Å². The van der Waals surface area contributed by atoms with Gasteiger partial charge in [-0.05, 0) is 55.1 Å². The number of pyridine rings is 1. The van der Waals surface area contributed by atoms with Gasteiger partial charge in [-0.15, -0.1) is 0 Å². The number of hydrogen-bond donors (Lipinski definition) is 1. The molecule has 0 saturated carbocycles. The van der Waals surface area contributed by atoms with E-state index in [1.54, 1.807) is 30.6 Å². The molecule has 0 amide bonds. The molecule has 134 valence electrons. The molecule has 0 radical (unpaired) electrons. The molecule has 1 atom stereocenters. The van der Waals surface area contributed by atoms with Crippen molar-refractivity contribution in [3.05, 3.63) is 59.1 Å². The number of likely N-dealkylation sites (tertiary alicyclic amines) is 1. The van der Waals surface area contributed by atoms with Gasteiger partial charge in [-0.3, -0.25) is 14.7 Å². The number of carbonyl (C=O) groups excluding carboxylic acids is 1. The number of benzene rings is 1. The van der Waals surface area contributed by atoms with E-state index in [-0.39, 0.29) is 17.3 Å². The predicted molar refractivity (Wildman–Crippen MR) is 99.0 cm³/mol. The van der Waals surface area contributed by atoms with Crippen molar-refractivity contribution >= 4 is 11.9 Å². The number of hydrogen-bond acceptors (Lipinski definition) is 5. The zero-order valence-corrected chi connectivity index (χ0v) is 14.8. The third-order valence-electron chi connectivity index (χ3n) is 5.02. The van der Waals surface area contributed by atoms with Gasteiger partial charge in [0.25, 0.3) is 0 Å². The Bertz CT molecular complexity index is 861. The smallest absolute Gasteiger partial charge is 0.231 e. The van der Waals surface area contributed by atoms with E-state index in [4.69, 9.17) is 4.74 Å². The van der Waals surface area contributed by atoms with Gasteiger partial charge in [-0.1, -0.05) is 13.0 Å². The second kappa shape index (κ2) is 6.92. The molecule has 5 nitrogen and oxygen atoms in total. The fourth-order valence-electron chi connectivity index (χ4n) is 3.72. The summed E-state index contributed by atoms with van der Waals surface area (Å²) in [5.41, 5.74) is 2.01. The molecule has 1 saturated heterocycles. The Kier molecular flexibility index (Phi) is 4.47. The maximum absolute atomic E-state index is 12.7. The summed E-state index contributed by atoms with van der Waals surface area (Å²) in [6, 6.07) is 6.91. The van der Waals surface area contributed by atoms with Crippen molar-refractivity contribution in [2.75, 3.05) is 13.1 Å². The quantitative estimate of drug-likeness (QED) is 0.857. The maximum Gasteiger partial charge on any atom is 0.231 e. The number of fused-ring (bicyclic) bond motifs is 1. The number of allylic oxidation sites excluding steroid dienone is 1. The van der Waals surface area contributed by atoms with Gasteiger partial charge in [0.15, 0.2) is 5.76 Å². The minimum absolute atomic E-state index is 0.155. The lowest BCUT2D eigenvalue weighted by Gasteiger charge is -2.31. The SMILES string of the molecule is CC1CCCN(Cc2c(O)ccc3c2OC(=Cc2cccnc2)C3=O)C1. The number of ketones is 1. The summed E-state index contributed by atoms with van der Waals surface area (Å²) in [6.45, 7) is 4.83. The van der Waals surface area contributed by atoms with Gasteiger partial charge in [-0.2, -0.15) is 0 Å². The van der Waals surface area contributed by atoms with Crippen LogP contribution in [0.2, 0.25) is 0 Å². The van der Waals surface area contributed by atoms with Crippen LogP contribution in [0, 0.1) is 5.92 Å². The van der Waals surface area contributed by atoms with Gasteiger partial charge in [0.05, 0.1) is 11.1 Å². The Morgan fingerprint density at radius 1 is 1.38 bits per heavy atom. The van der Waals surface area contributed by atoms with E-state index in [1.165, 1.54) is 6.42 Å². The molecule has 2 aliphatic heterocycles. The summed E-state index contributed by atoms with van der Waals surface area (Å²) in [5, 5.41) is 10.4. The van der Waals surface area contributed by atoms with E-state index < -0.39 is 0 Å². The van der Waals surface area contributed by atoms with Gasteiger partial charge >= 0.3 is 0 Å². The molecule has 2 aliphatic rings. The molecule has 0 aliphatic carbocycles. The van der Waals surface area contributed by atoms with Crippen LogP contribution in [0.3, 0.4) is 0 Å². The normalized spacial score (nSPS) is 21.7. The first-order valence-corrected chi connectivity index (χ1v) is 9.03. The third kappa shape index (κ3) is 3.22. The van der Waals surface area contributed by atoms with Crippen LogP contribution in [0.4, 0.5) is 0 Å². The number of phenolic OH excluding ortho intramolecular Hbond substituents is 1. The number of aromatic hydroxyl groups is 1. The van der Waals surface area contributed by atoms with Gasteiger partial charge in [0.1, 0.15) is 11.5 Å². The molecule has 2 aromatic rings. The molecule has 1 aromatic carbocycles. The van der Waals surface area contributed by atoms with E-state index in [0.29, 0.717) is 29.3 Å². The second-order valence-electron chi connectivity index (χ2n) is 7.15. The Morgan fingerprint density at radius 3 is 3.04 bits per heavy atom. The van der Waals surface area contributed by atoms with Gasteiger partial charge < -0.3 is 9.84 Å². The van der Waals surface area contributed by atoms with E-state index in [0.717, 1.165) is 25.1 Å². The first kappa shape index (κ1) is 16.8. The Labute approximate surface area is 152 Å². The van der Waals surface area contributed by atoms with Crippen LogP contribution < -0.4 is 4.74 Å². The monoisotopic (exact) mass is 350 g/mol. The summed E-state index contributed by atoms with van der Waals surface area (Å²) in [5.74, 6) is 1.43. The fourth-order valence-corrected chi connectivity index (χ4v) is 3.72. The van der Waals surface area contributed by atoms with Crippen molar-refractivity contribution in [1.29, 1.82) is 0 Å². The number of carbonyl (C=O) groups is 1. The van der Waals surface area contributed by atoms with Crippen LogP contribution in [0.15, 0.2) is 42.4 Å². The summed E-state index contributed by atoms with van der Waals surface area (Å²) >= 11 is 0. The lowest BCUT2D eigenvalue weighted by molar-refractivity contribution is 0.101. The highest BCUT2D eigenvalue weighted by Crippen LogP contribution is 2.40. The van der Waals surface area contributed by atoms with E-state index in [9.17, 15) is 9.90 Å². The molecule has 1 N–H and O–H groups in total. The maximum atomic E-state index is 12.7. The van der Waals surface area contributed by atoms with E-state index in [2.05, 4.69) is 16.8 Å². The molecule has 0 bridgehead atoms. The number of rotatable bonds is 3. The number of piperidine rings is 1. The number of nitrogens with zero attached hydrogens (tertiary/aromatic N) is 2. The molecule has 1 fully saturated rings. The van der Waals surface area contributed by atoms with Crippen molar-refractivity contribution in [2.45, 2.75) is 26.3 Å². The predicted octanol–water partition coefficient (Wildman–Crippen LogP) is 3.64. The Morgan fingerprint density at radius 2 is 2.27 bits per heavy atom. The van der Waals surface area contributed by atoms with Crippen molar-refractivity contribution in [3.63, 3.8) is 0 Å². The number of phenols is 1. The standard InChI is InChI=1S/C21H22N2O3/c1-14-4-3-9-23(12-14)13-17-18(24)7-6-16-20(25)19(26-21(16)17)10-15-5-2-8-22-11-15/h2,5-8,10-11,14,24H,3-4,9,12-13H2,1H3. The first-order chi connectivity index (χ1) is 12.6. The molecular formula is C21H22N2O3. The molecular weight excluding hydrogens is 328 g/mol. The van der Waals surface area contributed by atoms with Gasteiger partial charge in [0, 0.05) is 25.5 Å². The fraction of sp³-hybridized carbons (Fsp3) is 0.333. The highest BCUT2D eigenvalue weighted by molar-refractivity contribution is 6.14. The van der Waals surface area contributed by atoms with Crippen LogP contribution >= 0.6 is 0 Å². The van der Waals surface area contributed by atoms with Crippen molar-refractivity contribution in [3.8, 4) is 11.5 Å². The highest BCUT2D eigenvalue weighted by atomic mass is 16.5. The van der Waals surface area contributed by atoms with Crippen molar-refractivity contribution in [2.24, 2.45) is 5.92 Å². The topological polar surface area (TPSA) is 62.7 Å². The summed E-state index contributed by atoms with van der Waals surface area (Å²) in [4.78, 5) is 19.1. The number of aromatic nitrogens is 1. The molecule has 26 heavy (non-hydrogen) atoms. The van der Waals surface area contributed by atoms with Crippen LogP contribution in [0.5, 0.6) is 11.5 Å². The molecule has 4 rings (SSSR count). The zero-order valence-electron chi connectivity index (χ0n) is 14.8. The van der Waals surface area contributed by atoms with Crippen LogP contribution in [0.25, 0.3) is 6.08 Å². The molecule has 1 aromatic heterocycles. The van der Waals surface area contributed by atoms with E-state index >= 15 is 0 Å². The lowest BCUT2D eigenvalue weighted by atomic mass is 9.99. The summed E-state index contributed by atoms with van der Waals surface area (Å²) < 4.78 is 5.90. The summed E-state index contributed by atoms with van der Waals surface area (Å²) in [6.07, 6.45) is 7.45.